The molecule has 1 atom stereocenters. The monoisotopic (exact) mass is 407 g/mol. The molecule has 1 unspecified atom stereocenters. The third-order valence-electron chi connectivity index (χ3n) is 3.49. The van der Waals surface area contributed by atoms with Gasteiger partial charge in [-0.3, -0.25) is 14.2 Å². The first-order valence-electron chi connectivity index (χ1n) is 7.28. The van der Waals surface area contributed by atoms with Gasteiger partial charge in [-0.2, -0.15) is 10.2 Å². The first kappa shape index (κ1) is 16.7. The third kappa shape index (κ3) is 4.04. The lowest BCUT2D eigenvalue weighted by Gasteiger charge is -2.13. The number of carbonyl (C=O) groups excluding carboxylic acids is 1. The smallest absolute Gasteiger partial charge is 0.248 e. The predicted octanol–water partition coefficient (Wildman–Crippen LogP) is 3.74. The van der Waals surface area contributed by atoms with E-state index in [1.54, 1.807) is 19.3 Å². The Morgan fingerprint density at radius 3 is 2.83 bits per heavy atom. The van der Waals surface area contributed by atoms with Crippen LogP contribution < -0.4 is 5.32 Å². The van der Waals surface area contributed by atoms with Gasteiger partial charge in [-0.25, -0.2) is 0 Å². The molecule has 24 heavy (non-hydrogen) atoms. The number of nitrogens with zero attached hydrogens (tertiary/aromatic N) is 4. The zero-order valence-electron chi connectivity index (χ0n) is 12.9. The summed E-state index contributed by atoms with van der Waals surface area (Å²) in [7, 11) is 0. The van der Waals surface area contributed by atoms with Gasteiger partial charge in [0.15, 0.2) is 0 Å². The quantitative estimate of drug-likeness (QED) is 0.699. The zero-order valence-corrected chi connectivity index (χ0v) is 15.2. The normalized spacial score (nSPS) is 12.1. The Morgan fingerprint density at radius 2 is 2.17 bits per heavy atom. The van der Waals surface area contributed by atoms with Gasteiger partial charge >= 0.3 is 0 Å². The van der Waals surface area contributed by atoms with Crippen molar-refractivity contribution < 1.29 is 4.79 Å². The maximum atomic E-state index is 12.4. The van der Waals surface area contributed by atoms with Gasteiger partial charge in [0.1, 0.15) is 6.04 Å². The van der Waals surface area contributed by atoms with Gasteiger partial charge in [-0.15, -0.1) is 0 Å². The van der Waals surface area contributed by atoms with E-state index in [4.69, 9.17) is 11.6 Å². The highest BCUT2D eigenvalue weighted by atomic mass is 79.9. The number of anilines is 1. The topological polar surface area (TPSA) is 64.7 Å². The number of hydrogen-bond acceptors (Lipinski definition) is 3. The largest absolute Gasteiger partial charge is 0.324 e. The highest BCUT2D eigenvalue weighted by Crippen LogP contribution is 2.16. The van der Waals surface area contributed by atoms with Crippen molar-refractivity contribution in [2.45, 2.75) is 19.5 Å². The molecule has 8 heteroatoms. The van der Waals surface area contributed by atoms with Gasteiger partial charge < -0.3 is 5.32 Å². The van der Waals surface area contributed by atoms with Crippen LogP contribution in [0.3, 0.4) is 0 Å². The molecule has 0 bridgehead atoms. The molecule has 0 aliphatic heterocycles. The Balaban J connectivity index is 1.68. The van der Waals surface area contributed by atoms with Crippen molar-refractivity contribution in [1.29, 1.82) is 0 Å². The number of nitrogens with one attached hydrogen (secondary N) is 1. The number of benzene rings is 1. The lowest BCUT2D eigenvalue weighted by atomic mass is 10.2. The van der Waals surface area contributed by atoms with Gasteiger partial charge in [0.25, 0.3) is 0 Å². The van der Waals surface area contributed by atoms with Crippen molar-refractivity contribution in [3.63, 3.8) is 0 Å². The third-order valence-corrected chi connectivity index (χ3v) is 4.09. The number of rotatable bonds is 5. The molecule has 2 aromatic heterocycles. The molecular formula is C16H15BrClN5O. The fourth-order valence-electron chi connectivity index (χ4n) is 2.25. The van der Waals surface area contributed by atoms with Crippen molar-refractivity contribution in [2.75, 3.05) is 5.32 Å². The number of aromatic nitrogens is 4. The summed E-state index contributed by atoms with van der Waals surface area (Å²) in [4.78, 5) is 12.4. The number of carbonyl (C=O) groups is 1. The molecule has 2 heterocycles. The Labute approximate surface area is 152 Å². The molecule has 6 nitrogen and oxygen atoms in total. The predicted molar refractivity (Wildman–Crippen MR) is 96.0 cm³/mol. The van der Waals surface area contributed by atoms with E-state index in [0.29, 0.717) is 11.6 Å². The van der Waals surface area contributed by atoms with Crippen LogP contribution in [-0.4, -0.2) is 25.5 Å². The molecule has 0 aliphatic carbocycles. The summed E-state index contributed by atoms with van der Waals surface area (Å²) in [5.74, 6) is -0.159. The number of halogens is 2. The average Bonchev–Trinajstić information content (AvgIpc) is 3.15. The van der Waals surface area contributed by atoms with Crippen LogP contribution in [0.25, 0.3) is 0 Å². The highest BCUT2D eigenvalue weighted by molar-refractivity contribution is 9.10. The highest BCUT2D eigenvalue weighted by Gasteiger charge is 2.16. The van der Waals surface area contributed by atoms with E-state index in [9.17, 15) is 4.79 Å². The SMILES string of the molecule is CC(C(=O)Nc1cccc(Cn2cc(Br)cn2)c1)n1cc(Cl)cn1. The molecule has 0 fully saturated rings. The van der Waals surface area contributed by atoms with E-state index in [2.05, 4.69) is 31.4 Å². The summed E-state index contributed by atoms with van der Waals surface area (Å²) in [6.45, 7) is 2.39. The second-order valence-corrected chi connectivity index (χ2v) is 6.71. The summed E-state index contributed by atoms with van der Waals surface area (Å²) in [5, 5.41) is 11.7. The summed E-state index contributed by atoms with van der Waals surface area (Å²) >= 11 is 9.22. The van der Waals surface area contributed by atoms with Crippen molar-refractivity contribution >= 4 is 39.1 Å². The summed E-state index contributed by atoms with van der Waals surface area (Å²) in [6, 6.07) is 7.21. The van der Waals surface area contributed by atoms with Gasteiger partial charge in [0.2, 0.25) is 5.91 Å². The molecule has 1 amide bonds. The number of amides is 1. The van der Waals surface area contributed by atoms with Crippen LogP contribution in [-0.2, 0) is 11.3 Å². The molecule has 1 aromatic carbocycles. The van der Waals surface area contributed by atoms with Gasteiger partial charge in [-0.1, -0.05) is 23.7 Å². The molecule has 3 rings (SSSR count). The Morgan fingerprint density at radius 1 is 1.33 bits per heavy atom. The Kier molecular flexibility index (Phi) is 5.01. The summed E-state index contributed by atoms with van der Waals surface area (Å²) in [5.41, 5.74) is 1.77. The van der Waals surface area contributed by atoms with Crippen molar-refractivity contribution in [3.05, 3.63) is 64.1 Å². The fraction of sp³-hybridized carbons (Fsp3) is 0.188. The Hall–Kier alpha value is -2.12. The van der Waals surface area contributed by atoms with Crippen molar-refractivity contribution in [3.8, 4) is 0 Å². The molecule has 124 valence electrons. The van der Waals surface area contributed by atoms with E-state index in [-0.39, 0.29) is 5.91 Å². The van der Waals surface area contributed by atoms with E-state index < -0.39 is 6.04 Å². The van der Waals surface area contributed by atoms with E-state index in [1.165, 1.54) is 10.9 Å². The standard InChI is InChI=1S/C16H15BrClN5O/c1-11(23-10-14(18)7-20-23)16(24)21-15-4-2-3-12(5-15)8-22-9-13(17)6-19-22/h2-7,9-11H,8H2,1H3,(H,21,24). The minimum absolute atomic E-state index is 0.159. The summed E-state index contributed by atoms with van der Waals surface area (Å²) in [6.07, 6.45) is 6.77. The van der Waals surface area contributed by atoms with Crippen LogP contribution in [0.5, 0.6) is 0 Å². The maximum absolute atomic E-state index is 12.4. The number of hydrogen-bond donors (Lipinski definition) is 1. The second kappa shape index (κ2) is 7.19. The van der Waals surface area contributed by atoms with Gasteiger partial charge in [0, 0.05) is 18.1 Å². The zero-order chi connectivity index (χ0) is 17.1. The minimum Gasteiger partial charge on any atom is -0.324 e. The molecule has 0 spiro atoms. The lowest BCUT2D eigenvalue weighted by Crippen LogP contribution is -2.24. The molecule has 0 radical (unpaired) electrons. The van der Waals surface area contributed by atoms with Crippen LogP contribution in [0.1, 0.15) is 18.5 Å². The maximum Gasteiger partial charge on any atom is 0.248 e. The minimum atomic E-state index is -0.455. The Bertz CT molecular complexity index is 860. The first-order valence-corrected chi connectivity index (χ1v) is 8.46. The van der Waals surface area contributed by atoms with Crippen LogP contribution in [0.4, 0.5) is 5.69 Å². The van der Waals surface area contributed by atoms with Crippen molar-refractivity contribution in [2.24, 2.45) is 0 Å². The average molecular weight is 409 g/mol. The van der Waals surface area contributed by atoms with Crippen LogP contribution >= 0.6 is 27.5 Å². The van der Waals surface area contributed by atoms with Crippen LogP contribution in [0.2, 0.25) is 5.02 Å². The van der Waals surface area contributed by atoms with Gasteiger partial charge in [-0.05, 0) is 40.5 Å². The van der Waals surface area contributed by atoms with E-state index in [0.717, 1.165) is 15.7 Å². The molecule has 1 N–H and O–H groups in total. The molecule has 0 saturated heterocycles. The van der Waals surface area contributed by atoms with Crippen molar-refractivity contribution in [1.82, 2.24) is 19.6 Å². The van der Waals surface area contributed by atoms with Crippen LogP contribution in [0, 0.1) is 0 Å². The van der Waals surface area contributed by atoms with E-state index >= 15 is 0 Å². The fourth-order valence-corrected chi connectivity index (χ4v) is 2.72. The van der Waals surface area contributed by atoms with Gasteiger partial charge in [0.05, 0.1) is 28.4 Å². The van der Waals surface area contributed by atoms with Crippen LogP contribution in [0.15, 0.2) is 53.5 Å². The first-order chi connectivity index (χ1) is 11.5. The second-order valence-electron chi connectivity index (χ2n) is 5.36. The molecule has 0 aliphatic rings. The van der Waals surface area contributed by atoms with E-state index in [1.807, 2.05) is 35.1 Å². The molecule has 0 saturated carbocycles. The lowest BCUT2D eigenvalue weighted by molar-refractivity contribution is -0.119. The summed E-state index contributed by atoms with van der Waals surface area (Å²) < 4.78 is 4.28. The molecular weight excluding hydrogens is 394 g/mol. The molecule has 3 aromatic rings.